The van der Waals surface area contributed by atoms with Gasteiger partial charge in [-0.3, -0.25) is 4.79 Å². The summed E-state index contributed by atoms with van der Waals surface area (Å²) in [5.41, 5.74) is 1.46. The van der Waals surface area contributed by atoms with Crippen LogP contribution in [-0.4, -0.2) is 30.7 Å². The van der Waals surface area contributed by atoms with Gasteiger partial charge < -0.3 is 20.5 Å². The van der Waals surface area contributed by atoms with Crippen LogP contribution in [0.2, 0.25) is 0 Å². The Hall–Kier alpha value is -2.50. The van der Waals surface area contributed by atoms with Gasteiger partial charge in [0, 0.05) is 17.8 Å². The zero-order chi connectivity index (χ0) is 18.2. The number of carbonyl (C=O) groups excluding carboxylic acids is 1. The van der Waals surface area contributed by atoms with Crippen molar-refractivity contribution in [1.82, 2.24) is 5.32 Å². The number of ether oxygens (including phenoxy) is 1. The summed E-state index contributed by atoms with van der Waals surface area (Å²) in [6, 6.07) is 14.2. The van der Waals surface area contributed by atoms with E-state index in [1.165, 1.54) is 6.08 Å². The minimum absolute atomic E-state index is 0. The first kappa shape index (κ1) is 20.8. The van der Waals surface area contributed by atoms with Crippen LogP contribution >= 0.6 is 12.4 Å². The molecule has 1 fully saturated rings. The molecule has 3 rings (SSSR count). The molecule has 1 amide bonds. The lowest BCUT2D eigenvalue weighted by Gasteiger charge is -2.22. The zero-order valence-corrected chi connectivity index (χ0v) is 15.9. The number of hydrogen-bond donors (Lipinski definition) is 3. The van der Waals surface area contributed by atoms with Gasteiger partial charge >= 0.3 is 0 Å². The Labute approximate surface area is 165 Å². The van der Waals surface area contributed by atoms with Crippen LogP contribution in [-0.2, 0) is 4.79 Å². The Kier molecular flexibility index (Phi) is 8.17. The quantitative estimate of drug-likeness (QED) is 0.657. The minimum Gasteiger partial charge on any atom is -0.508 e. The van der Waals surface area contributed by atoms with E-state index in [1.54, 1.807) is 24.3 Å². The highest BCUT2D eigenvalue weighted by atomic mass is 35.5. The number of nitrogens with one attached hydrogen (secondary N) is 2. The average Bonchev–Trinajstić information content (AvgIpc) is 2.66. The molecule has 6 heteroatoms. The van der Waals surface area contributed by atoms with Crippen LogP contribution in [0.3, 0.4) is 0 Å². The second-order valence-electron chi connectivity index (χ2n) is 6.45. The average molecular weight is 389 g/mol. The lowest BCUT2D eigenvalue weighted by atomic mass is 9.99. The third-order valence-corrected chi connectivity index (χ3v) is 4.34. The van der Waals surface area contributed by atoms with E-state index in [9.17, 15) is 9.90 Å². The molecule has 0 spiro atoms. The summed E-state index contributed by atoms with van der Waals surface area (Å²) in [6.07, 6.45) is 5.37. The molecule has 3 N–H and O–H groups in total. The first-order valence-electron chi connectivity index (χ1n) is 8.91. The van der Waals surface area contributed by atoms with Crippen molar-refractivity contribution in [3.05, 3.63) is 60.2 Å². The van der Waals surface area contributed by atoms with Crippen LogP contribution in [0.1, 0.15) is 18.4 Å². The number of halogens is 1. The molecule has 1 heterocycles. The molecule has 1 aliphatic heterocycles. The number of anilines is 1. The number of amides is 1. The number of piperidine rings is 1. The topological polar surface area (TPSA) is 70.6 Å². The number of phenolic OH excluding ortho intramolecular Hbond substituents is 1. The minimum atomic E-state index is -0.233. The number of benzene rings is 2. The van der Waals surface area contributed by atoms with Crippen molar-refractivity contribution < 1.29 is 14.6 Å². The fourth-order valence-corrected chi connectivity index (χ4v) is 2.91. The monoisotopic (exact) mass is 388 g/mol. The zero-order valence-electron chi connectivity index (χ0n) is 15.1. The molecule has 2 aromatic rings. The number of aromatic hydroxyl groups is 1. The largest absolute Gasteiger partial charge is 0.508 e. The van der Waals surface area contributed by atoms with Crippen molar-refractivity contribution in [1.29, 1.82) is 0 Å². The maximum absolute atomic E-state index is 12.1. The van der Waals surface area contributed by atoms with Crippen molar-refractivity contribution in [2.24, 2.45) is 5.92 Å². The molecule has 27 heavy (non-hydrogen) atoms. The third-order valence-electron chi connectivity index (χ3n) is 4.34. The molecule has 144 valence electrons. The van der Waals surface area contributed by atoms with Crippen LogP contribution in [0.15, 0.2) is 54.6 Å². The van der Waals surface area contributed by atoms with Crippen molar-refractivity contribution in [2.75, 3.05) is 25.0 Å². The Morgan fingerprint density at radius 1 is 1.19 bits per heavy atom. The number of carbonyl (C=O) groups is 1. The van der Waals surface area contributed by atoms with E-state index >= 15 is 0 Å². The highest BCUT2D eigenvalue weighted by Crippen LogP contribution is 2.20. The molecule has 0 atom stereocenters. The van der Waals surface area contributed by atoms with Crippen molar-refractivity contribution >= 4 is 30.1 Å². The molecule has 0 saturated carbocycles. The molecule has 0 unspecified atom stereocenters. The maximum atomic E-state index is 12.1. The Morgan fingerprint density at radius 2 is 1.96 bits per heavy atom. The Bertz CT molecular complexity index is 774. The first-order chi connectivity index (χ1) is 12.7. The van der Waals surface area contributed by atoms with Gasteiger partial charge in [-0.2, -0.15) is 0 Å². The van der Waals surface area contributed by atoms with Crippen LogP contribution in [0.5, 0.6) is 11.5 Å². The summed E-state index contributed by atoms with van der Waals surface area (Å²) in [7, 11) is 0. The molecular formula is C21H25ClN2O3. The summed E-state index contributed by atoms with van der Waals surface area (Å²) in [4.78, 5) is 12.1. The molecule has 0 bridgehead atoms. The summed E-state index contributed by atoms with van der Waals surface area (Å²) < 4.78 is 5.89. The smallest absolute Gasteiger partial charge is 0.248 e. The highest BCUT2D eigenvalue weighted by Gasteiger charge is 2.13. The van der Waals surface area contributed by atoms with Gasteiger partial charge in [-0.25, -0.2) is 0 Å². The molecule has 5 nitrogen and oxygen atoms in total. The maximum Gasteiger partial charge on any atom is 0.248 e. The summed E-state index contributed by atoms with van der Waals surface area (Å²) in [5, 5.41) is 15.6. The predicted octanol–water partition coefficient (Wildman–Crippen LogP) is 3.84. The fraction of sp³-hybridized carbons (Fsp3) is 0.286. The standard InChI is InChI=1S/C21H24N2O3.ClH/c24-19-5-1-3-16(13-19)7-8-21(25)23-18-4-2-6-20(14-18)26-15-17-9-11-22-12-10-17;/h1-8,13-14,17,22,24H,9-12,15H2,(H,23,25);1H/b8-7+;. The van der Waals surface area contributed by atoms with Crippen molar-refractivity contribution in [3.8, 4) is 11.5 Å². The summed E-state index contributed by atoms with van der Waals surface area (Å²) in [6.45, 7) is 2.81. The molecule has 1 aliphatic rings. The van der Waals surface area contributed by atoms with E-state index < -0.39 is 0 Å². The van der Waals surface area contributed by atoms with E-state index in [0.29, 0.717) is 18.2 Å². The van der Waals surface area contributed by atoms with Crippen LogP contribution in [0, 0.1) is 5.92 Å². The van der Waals surface area contributed by atoms with Gasteiger partial charge in [-0.1, -0.05) is 18.2 Å². The van der Waals surface area contributed by atoms with E-state index in [-0.39, 0.29) is 24.1 Å². The van der Waals surface area contributed by atoms with Gasteiger partial charge in [0.25, 0.3) is 0 Å². The number of rotatable bonds is 6. The Balaban J connectivity index is 0.00000261. The molecule has 2 aromatic carbocycles. The summed E-state index contributed by atoms with van der Waals surface area (Å²) in [5.74, 6) is 1.29. The molecule has 0 aromatic heterocycles. The third kappa shape index (κ3) is 6.96. The second kappa shape index (κ2) is 10.6. The van der Waals surface area contributed by atoms with Gasteiger partial charge in [0.05, 0.1) is 6.61 Å². The highest BCUT2D eigenvalue weighted by molar-refractivity contribution is 6.02. The van der Waals surface area contributed by atoms with Crippen LogP contribution in [0.4, 0.5) is 5.69 Å². The second-order valence-corrected chi connectivity index (χ2v) is 6.45. The molecule has 0 aliphatic carbocycles. The lowest BCUT2D eigenvalue weighted by Crippen LogP contribution is -2.30. The van der Waals surface area contributed by atoms with Crippen molar-refractivity contribution in [2.45, 2.75) is 12.8 Å². The van der Waals surface area contributed by atoms with E-state index in [2.05, 4.69) is 10.6 Å². The van der Waals surface area contributed by atoms with E-state index in [1.807, 2.05) is 30.3 Å². The predicted molar refractivity (Wildman–Crippen MR) is 111 cm³/mol. The molecule has 0 radical (unpaired) electrons. The first-order valence-corrected chi connectivity index (χ1v) is 8.91. The van der Waals surface area contributed by atoms with Gasteiger partial charge in [0.2, 0.25) is 5.91 Å². The SMILES string of the molecule is Cl.O=C(/C=C/c1cccc(O)c1)Nc1cccc(OCC2CCNCC2)c1. The van der Waals surface area contributed by atoms with Crippen molar-refractivity contribution in [3.63, 3.8) is 0 Å². The van der Waals surface area contributed by atoms with Crippen LogP contribution in [0.25, 0.3) is 6.08 Å². The lowest BCUT2D eigenvalue weighted by molar-refractivity contribution is -0.111. The van der Waals surface area contributed by atoms with Gasteiger partial charge in [-0.05, 0) is 67.8 Å². The number of phenols is 1. The van der Waals surface area contributed by atoms with E-state index in [0.717, 1.165) is 37.2 Å². The normalized spacial score (nSPS) is 14.5. The molecule has 1 saturated heterocycles. The van der Waals surface area contributed by atoms with Gasteiger partial charge in [-0.15, -0.1) is 12.4 Å². The van der Waals surface area contributed by atoms with Crippen LogP contribution < -0.4 is 15.4 Å². The molecular weight excluding hydrogens is 364 g/mol. The van der Waals surface area contributed by atoms with E-state index in [4.69, 9.17) is 4.74 Å². The van der Waals surface area contributed by atoms with Gasteiger partial charge in [0.1, 0.15) is 11.5 Å². The number of hydrogen-bond acceptors (Lipinski definition) is 4. The Morgan fingerprint density at radius 3 is 2.74 bits per heavy atom. The summed E-state index contributed by atoms with van der Waals surface area (Å²) >= 11 is 0. The fourth-order valence-electron chi connectivity index (χ4n) is 2.91. The van der Waals surface area contributed by atoms with Gasteiger partial charge in [0.15, 0.2) is 0 Å².